The highest BCUT2D eigenvalue weighted by Gasteiger charge is 2.32. The molecule has 2 nitrogen and oxygen atoms in total. The number of hydrogen-bond donors (Lipinski definition) is 1. The molecule has 3 heteroatoms. The maximum absolute atomic E-state index is 12.4. The first-order valence-electron chi connectivity index (χ1n) is 3.44. The van der Waals surface area contributed by atoms with Gasteiger partial charge in [-0.1, -0.05) is 0 Å². The molecule has 0 atom stereocenters. The zero-order valence-corrected chi connectivity index (χ0v) is 5.68. The van der Waals surface area contributed by atoms with Gasteiger partial charge in [-0.15, -0.1) is 0 Å². The molecular formula is C7H10FNO. The second kappa shape index (κ2) is 2.55. The van der Waals surface area contributed by atoms with Crippen molar-refractivity contribution in [1.82, 2.24) is 0 Å². The third-order valence-corrected chi connectivity index (χ3v) is 1.95. The van der Waals surface area contributed by atoms with Gasteiger partial charge in [0.05, 0.1) is 6.07 Å². The topological polar surface area (TPSA) is 44.0 Å². The lowest BCUT2D eigenvalue weighted by Crippen LogP contribution is -2.32. The summed E-state index contributed by atoms with van der Waals surface area (Å²) in [6, 6.07) is 1.79. The molecule has 0 aromatic heterocycles. The van der Waals surface area contributed by atoms with Crippen molar-refractivity contribution in [2.75, 3.05) is 0 Å². The van der Waals surface area contributed by atoms with Crippen molar-refractivity contribution in [2.45, 2.75) is 37.5 Å². The zero-order chi connectivity index (χ0) is 7.61. The summed E-state index contributed by atoms with van der Waals surface area (Å²) in [6.45, 7) is 0. The largest absolute Gasteiger partial charge is 0.375 e. The lowest BCUT2D eigenvalue weighted by molar-refractivity contribution is 0.0338. The minimum absolute atomic E-state index is 0.282. The molecule has 1 saturated carbocycles. The molecule has 0 bridgehead atoms. The summed E-state index contributed by atoms with van der Waals surface area (Å²) in [4.78, 5) is 0. The van der Waals surface area contributed by atoms with Crippen LogP contribution in [0.3, 0.4) is 0 Å². The van der Waals surface area contributed by atoms with Crippen LogP contribution < -0.4 is 0 Å². The van der Waals surface area contributed by atoms with Crippen LogP contribution in [-0.2, 0) is 0 Å². The van der Waals surface area contributed by atoms with Crippen LogP contribution in [0.2, 0.25) is 0 Å². The van der Waals surface area contributed by atoms with Gasteiger partial charge in [0.15, 0.2) is 5.60 Å². The average Bonchev–Trinajstić information content (AvgIpc) is 1.96. The Bertz CT molecular complexity index is 155. The van der Waals surface area contributed by atoms with Gasteiger partial charge in [-0.3, -0.25) is 0 Å². The highest BCUT2D eigenvalue weighted by atomic mass is 19.1. The van der Waals surface area contributed by atoms with Gasteiger partial charge in [0.1, 0.15) is 6.17 Å². The monoisotopic (exact) mass is 143 g/mol. The fraction of sp³-hybridized carbons (Fsp3) is 0.857. The second-order valence-corrected chi connectivity index (χ2v) is 2.82. The normalized spacial score (nSPS) is 40.7. The van der Waals surface area contributed by atoms with Gasteiger partial charge >= 0.3 is 0 Å². The first kappa shape index (κ1) is 7.49. The molecule has 0 heterocycles. The Kier molecular flexibility index (Phi) is 1.91. The predicted octanol–water partition coefficient (Wildman–Crippen LogP) is 1.15. The molecule has 1 aliphatic rings. The Labute approximate surface area is 59.3 Å². The van der Waals surface area contributed by atoms with Crippen molar-refractivity contribution in [2.24, 2.45) is 0 Å². The summed E-state index contributed by atoms with van der Waals surface area (Å²) < 4.78 is 12.4. The molecule has 0 radical (unpaired) electrons. The SMILES string of the molecule is N#CC1(O)CCC(F)CC1. The zero-order valence-electron chi connectivity index (χ0n) is 5.68. The molecule has 1 fully saturated rings. The van der Waals surface area contributed by atoms with Crippen LogP contribution >= 0.6 is 0 Å². The summed E-state index contributed by atoms with van der Waals surface area (Å²) in [7, 11) is 0. The first-order chi connectivity index (χ1) is 4.66. The molecule has 0 aromatic carbocycles. The third-order valence-electron chi connectivity index (χ3n) is 1.95. The minimum atomic E-state index is -1.23. The average molecular weight is 143 g/mol. The fourth-order valence-corrected chi connectivity index (χ4v) is 1.17. The molecule has 0 unspecified atom stereocenters. The van der Waals surface area contributed by atoms with E-state index in [4.69, 9.17) is 5.26 Å². The van der Waals surface area contributed by atoms with Crippen molar-refractivity contribution in [3.05, 3.63) is 0 Å². The summed E-state index contributed by atoms with van der Waals surface area (Å²) in [5.41, 5.74) is -1.23. The van der Waals surface area contributed by atoms with E-state index < -0.39 is 11.8 Å². The van der Waals surface area contributed by atoms with Gasteiger partial charge in [-0.25, -0.2) is 4.39 Å². The van der Waals surface area contributed by atoms with Gasteiger partial charge < -0.3 is 5.11 Å². The van der Waals surface area contributed by atoms with Crippen LogP contribution in [0, 0.1) is 11.3 Å². The third kappa shape index (κ3) is 1.45. The minimum Gasteiger partial charge on any atom is -0.375 e. The number of aliphatic hydroxyl groups is 1. The molecule has 0 amide bonds. The quantitative estimate of drug-likeness (QED) is 0.517. The molecule has 10 heavy (non-hydrogen) atoms. The Hall–Kier alpha value is -0.620. The molecule has 1 N–H and O–H groups in total. The first-order valence-corrected chi connectivity index (χ1v) is 3.44. The van der Waals surface area contributed by atoms with E-state index in [1.807, 2.05) is 0 Å². The van der Waals surface area contributed by atoms with E-state index >= 15 is 0 Å². The maximum atomic E-state index is 12.4. The van der Waals surface area contributed by atoms with Crippen LogP contribution in [0.5, 0.6) is 0 Å². The van der Waals surface area contributed by atoms with Crippen LogP contribution in [0.15, 0.2) is 0 Å². The molecule has 0 spiro atoms. The number of hydrogen-bond acceptors (Lipinski definition) is 2. The Morgan fingerprint density at radius 2 is 2.00 bits per heavy atom. The Balaban J connectivity index is 2.48. The summed E-state index contributed by atoms with van der Waals surface area (Å²) in [6.07, 6.45) is 0.400. The lowest BCUT2D eigenvalue weighted by Gasteiger charge is -2.26. The summed E-state index contributed by atoms with van der Waals surface area (Å²) in [5.74, 6) is 0. The standard InChI is InChI=1S/C7H10FNO/c8-6-1-3-7(10,5-9)4-2-6/h6,10H,1-4H2. The number of rotatable bonds is 0. The van der Waals surface area contributed by atoms with Crippen molar-refractivity contribution in [1.29, 1.82) is 5.26 Å². The predicted molar refractivity (Wildman–Crippen MR) is 33.9 cm³/mol. The summed E-state index contributed by atoms with van der Waals surface area (Å²) in [5, 5.41) is 17.7. The molecule has 0 aromatic rings. The smallest absolute Gasteiger partial charge is 0.151 e. The highest BCUT2D eigenvalue weighted by Crippen LogP contribution is 2.28. The van der Waals surface area contributed by atoms with Crippen LogP contribution in [0.25, 0.3) is 0 Å². The molecule has 1 rings (SSSR count). The molecule has 0 aliphatic heterocycles. The van der Waals surface area contributed by atoms with Gasteiger partial charge in [-0.05, 0) is 25.7 Å². The number of alkyl halides is 1. The van der Waals surface area contributed by atoms with E-state index in [-0.39, 0.29) is 12.8 Å². The molecule has 0 saturated heterocycles. The van der Waals surface area contributed by atoms with E-state index in [1.165, 1.54) is 0 Å². The maximum Gasteiger partial charge on any atom is 0.151 e. The highest BCUT2D eigenvalue weighted by molar-refractivity contribution is 5.02. The van der Waals surface area contributed by atoms with Gasteiger partial charge in [-0.2, -0.15) is 5.26 Å². The van der Waals surface area contributed by atoms with Gasteiger partial charge in [0.25, 0.3) is 0 Å². The van der Waals surface area contributed by atoms with Gasteiger partial charge in [0, 0.05) is 0 Å². The van der Waals surface area contributed by atoms with E-state index in [1.54, 1.807) is 6.07 Å². The van der Waals surface area contributed by atoms with Crippen molar-refractivity contribution in [3.63, 3.8) is 0 Å². The number of nitriles is 1. The molecular weight excluding hydrogens is 133 g/mol. The second-order valence-electron chi connectivity index (χ2n) is 2.82. The van der Waals surface area contributed by atoms with E-state index in [2.05, 4.69) is 0 Å². The van der Waals surface area contributed by atoms with Crippen molar-refractivity contribution < 1.29 is 9.50 Å². The van der Waals surface area contributed by atoms with E-state index in [0.717, 1.165) is 0 Å². The summed E-state index contributed by atoms with van der Waals surface area (Å²) >= 11 is 0. The van der Waals surface area contributed by atoms with Crippen molar-refractivity contribution in [3.8, 4) is 6.07 Å². The Morgan fingerprint density at radius 3 is 2.40 bits per heavy atom. The fourth-order valence-electron chi connectivity index (χ4n) is 1.17. The van der Waals surface area contributed by atoms with Crippen LogP contribution in [0.1, 0.15) is 25.7 Å². The number of nitrogens with zero attached hydrogens (tertiary/aromatic N) is 1. The van der Waals surface area contributed by atoms with E-state index in [0.29, 0.717) is 12.8 Å². The molecule has 56 valence electrons. The van der Waals surface area contributed by atoms with Crippen molar-refractivity contribution >= 4 is 0 Å². The lowest BCUT2D eigenvalue weighted by atomic mass is 9.85. The van der Waals surface area contributed by atoms with Crippen LogP contribution in [0.4, 0.5) is 4.39 Å². The van der Waals surface area contributed by atoms with E-state index in [9.17, 15) is 9.50 Å². The number of halogens is 1. The Morgan fingerprint density at radius 1 is 1.50 bits per heavy atom. The van der Waals surface area contributed by atoms with Crippen LogP contribution in [-0.4, -0.2) is 16.9 Å². The van der Waals surface area contributed by atoms with Gasteiger partial charge in [0.2, 0.25) is 0 Å². The molecule has 1 aliphatic carbocycles.